The van der Waals surface area contributed by atoms with Gasteiger partial charge in [-0.25, -0.2) is 4.79 Å². The van der Waals surface area contributed by atoms with Crippen LogP contribution in [-0.2, 0) is 0 Å². The monoisotopic (exact) mass is 346 g/mol. The first kappa shape index (κ1) is 14.1. The van der Waals surface area contributed by atoms with E-state index in [0.29, 0.717) is 11.0 Å². The quantitative estimate of drug-likeness (QED) is 0.666. The summed E-state index contributed by atoms with van der Waals surface area (Å²) in [4.78, 5) is 16.8. The lowest BCUT2D eigenvalue weighted by Crippen LogP contribution is -2.04. The molecule has 0 radical (unpaired) electrons. The zero-order chi connectivity index (χ0) is 15.1. The fourth-order valence-electron chi connectivity index (χ4n) is 2.52. The van der Waals surface area contributed by atoms with Crippen molar-refractivity contribution < 1.29 is 5.11 Å². The lowest BCUT2D eigenvalue weighted by atomic mass is 9.94. The Morgan fingerprint density at radius 1 is 1.10 bits per heavy atom. The molecule has 1 heterocycles. The lowest BCUT2D eigenvalue weighted by Gasteiger charge is -2.17. The Hall–Kier alpha value is -1.85. The molecule has 1 unspecified atom stereocenters. The maximum Gasteiger partial charge on any atom is 0.323 e. The van der Waals surface area contributed by atoms with Crippen LogP contribution in [0.2, 0.25) is 0 Å². The van der Waals surface area contributed by atoms with E-state index in [2.05, 4.69) is 25.9 Å². The van der Waals surface area contributed by atoms with E-state index in [-0.39, 0.29) is 5.69 Å². The number of benzene rings is 2. The maximum absolute atomic E-state index is 11.4. The first-order valence-corrected chi connectivity index (χ1v) is 7.42. The van der Waals surface area contributed by atoms with E-state index in [1.807, 2.05) is 32.0 Å². The molecule has 0 amide bonds. The Balaban J connectivity index is 2.16. The minimum atomic E-state index is -0.748. The smallest absolute Gasteiger partial charge is 0.323 e. The van der Waals surface area contributed by atoms with E-state index in [1.54, 1.807) is 12.1 Å². The topological polar surface area (TPSA) is 68.9 Å². The summed E-state index contributed by atoms with van der Waals surface area (Å²) >= 11 is 3.47. The van der Waals surface area contributed by atoms with Gasteiger partial charge in [-0.05, 0) is 42.7 Å². The van der Waals surface area contributed by atoms with Gasteiger partial charge in [0.05, 0.1) is 11.0 Å². The van der Waals surface area contributed by atoms with Crippen LogP contribution in [0.15, 0.2) is 39.6 Å². The highest BCUT2D eigenvalue weighted by Gasteiger charge is 2.18. The summed E-state index contributed by atoms with van der Waals surface area (Å²) < 4.78 is 0.763. The van der Waals surface area contributed by atoms with Crippen LogP contribution in [-0.4, -0.2) is 15.1 Å². The van der Waals surface area contributed by atoms with Crippen LogP contribution in [0.25, 0.3) is 11.0 Å². The highest BCUT2D eigenvalue weighted by atomic mass is 79.9. The van der Waals surface area contributed by atoms with Gasteiger partial charge in [0, 0.05) is 10.0 Å². The number of fused-ring (bicyclic) bond motifs is 1. The highest BCUT2D eigenvalue weighted by molar-refractivity contribution is 9.10. The minimum Gasteiger partial charge on any atom is -0.384 e. The number of hydrogen-bond acceptors (Lipinski definition) is 2. The van der Waals surface area contributed by atoms with Gasteiger partial charge in [-0.15, -0.1) is 0 Å². The molecule has 3 N–H and O–H groups in total. The van der Waals surface area contributed by atoms with Crippen LogP contribution < -0.4 is 5.69 Å². The average molecular weight is 347 g/mol. The summed E-state index contributed by atoms with van der Waals surface area (Å²) in [7, 11) is 0. The van der Waals surface area contributed by atoms with E-state index in [0.717, 1.165) is 26.7 Å². The predicted octanol–water partition coefficient (Wildman–Crippen LogP) is 3.32. The fraction of sp³-hybridized carbons (Fsp3) is 0.188. The van der Waals surface area contributed by atoms with Crippen LogP contribution in [0.5, 0.6) is 0 Å². The number of hydrogen-bond donors (Lipinski definition) is 3. The molecule has 1 aromatic heterocycles. The van der Waals surface area contributed by atoms with Crippen LogP contribution >= 0.6 is 15.9 Å². The van der Waals surface area contributed by atoms with Gasteiger partial charge in [-0.3, -0.25) is 0 Å². The zero-order valence-electron chi connectivity index (χ0n) is 11.7. The molecule has 0 saturated heterocycles. The average Bonchev–Trinajstić information content (AvgIpc) is 2.79. The first-order valence-electron chi connectivity index (χ1n) is 6.63. The molecule has 0 saturated carbocycles. The van der Waals surface area contributed by atoms with Gasteiger partial charge >= 0.3 is 5.69 Å². The molecule has 21 heavy (non-hydrogen) atoms. The van der Waals surface area contributed by atoms with Gasteiger partial charge in [-0.1, -0.05) is 34.1 Å². The molecule has 4 nitrogen and oxygen atoms in total. The van der Waals surface area contributed by atoms with Crippen molar-refractivity contribution in [2.24, 2.45) is 0 Å². The third-order valence-corrected chi connectivity index (χ3v) is 4.56. The number of nitrogens with one attached hydrogen (secondary N) is 2. The molecule has 108 valence electrons. The molecule has 0 fully saturated rings. The van der Waals surface area contributed by atoms with Crippen molar-refractivity contribution >= 4 is 27.0 Å². The molecule has 0 aliphatic heterocycles. The molecule has 5 heteroatoms. The van der Waals surface area contributed by atoms with Crippen LogP contribution in [0.1, 0.15) is 28.4 Å². The molecular formula is C16H15BrN2O2. The van der Waals surface area contributed by atoms with Gasteiger partial charge < -0.3 is 15.1 Å². The van der Waals surface area contributed by atoms with Gasteiger partial charge in [0.2, 0.25) is 0 Å². The minimum absolute atomic E-state index is 0.254. The Labute approximate surface area is 130 Å². The molecule has 0 bridgehead atoms. The Bertz CT molecular complexity index is 880. The Morgan fingerprint density at radius 3 is 2.48 bits per heavy atom. The van der Waals surface area contributed by atoms with Crippen molar-refractivity contribution in [2.75, 3.05) is 0 Å². The second kappa shape index (κ2) is 5.16. The Morgan fingerprint density at radius 2 is 1.76 bits per heavy atom. The predicted molar refractivity (Wildman–Crippen MR) is 86.6 cm³/mol. The summed E-state index contributed by atoms with van der Waals surface area (Å²) in [6.07, 6.45) is -0.748. The van der Waals surface area contributed by atoms with Gasteiger partial charge in [0.1, 0.15) is 6.10 Å². The third kappa shape index (κ3) is 2.43. The summed E-state index contributed by atoms with van der Waals surface area (Å²) in [5.74, 6) is 0. The number of imidazole rings is 1. The van der Waals surface area contributed by atoms with E-state index in [9.17, 15) is 9.90 Å². The number of aromatic amines is 2. The number of aromatic nitrogens is 2. The van der Waals surface area contributed by atoms with Crippen molar-refractivity contribution in [1.29, 1.82) is 0 Å². The normalized spacial score (nSPS) is 12.8. The second-order valence-electron chi connectivity index (χ2n) is 5.19. The standard InChI is InChI=1S/C16H15BrN2O2/c1-8-4-3-5-10(9(8)2)15(20)11-6-13-14(7-12(11)17)19-16(21)18-13/h3-7,15,20H,1-2H3,(H2,18,19,21). The number of halogens is 1. The molecular weight excluding hydrogens is 332 g/mol. The number of rotatable bonds is 2. The molecule has 0 aliphatic rings. The molecule has 1 atom stereocenters. The molecule has 2 aromatic carbocycles. The highest BCUT2D eigenvalue weighted by Crippen LogP contribution is 2.33. The first-order chi connectivity index (χ1) is 9.97. The van der Waals surface area contributed by atoms with E-state index in [1.165, 1.54) is 0 Å². The summed E-state index contributed by atoms with van der Waals surface area (Å²) in [5.41, 5.74) is 4.94. The number of aliphatic hydroxyl groups excluding tert-OH is 1. The summed E-state index contributed by atoms with van der Waals surface area (Å²) in [6, 6.07) is 9.48. The van der Waals surface area contributed by atoms with Gasteiger partial charge in [-0.2, -0.15) is 0 Å². The van der Waals surface area contributed by atoms with Crippen molar-refractivity contribution in [3.63, 3.8) is 0 Å². The fourth-order valence-corrected chi connectivity index (χ4v) is 3.08. The number of H-pyrrole nitrogens is 2. The molecule has 0 aliphatic carbocycles. The molecule has 3 rings (SSSR count). The maximum atomic E-state index is 11.4. The van der Waals surface area contributed by atoms with E-state index < -0.39 is 6.10 Å². The molecule has 0 spiro atoms. The van der Waals surface area contributed by atoms with Crippen molar-refractivity contribution in [2.45, 2.75) is 20.0 Å². The van der Waals surface area contributed by atoms with Crippen molar-refractivity contribution in [1.82, 2.24) is 9.97 Å². The van der Waals surface area contributed by atoms with Crippen LogP contribution in [0, 0.1) is 13.8 Å². The second-order valence-corrected chi connectivity index (χ2v) is 6.04. The largest absolute Gasteiger partial charge is 0.384 e. The van der Waals surface area contributed by atoms with Gasteiger partial charge in [0.15, 0.2) is 0 Å². The summed E-state index contributed by atoms with van der Waals surface area (Å²) in [5, 5.41) is 10.7. The SMILES string of the molecule is Cc1cccc(C(O)c2cc3[nH]c(=O)[nH]c3cc2Br)c1C. The van der Waals surface area contributed by atoms with E-state index >= 15 is 0 Å². The number of aryl methyl sites for hydroxylation is 1. The summed E-state index contributed by atoms with van der Waals surface area (Å²) in [6.45, 7) is 4.02. The van der Waals surface area contributed by atoms with Crippen molar-refractivity contribution in [3.8, 4) is 0 Å². The Kier molecular flexibility index (Phi) is 3.47. The van der Waals surface area contributed by atoms with Crippen molar-refractivity contribution in [3.05, 3.63) is 67.5 Å². The lowest BCUT2D eigenvalue weighted by molar-refractivity contribution is 0.219. The van der Waals surface area contributed by atoms with Crippen LogP contribution in [0.4, 0.5) is 0 Å². The van der Waals surface area contributed by atoms with E-state index in [4.69, 9.17) is 0 Å². The van der Waals surface area contributed by atoms with Gasteiger partial charge in [0.25, 0.3) is 0 Å². The number of aliphatic hydroxyl groups is 1. The zero-order valence-corrected chi connectivity index (χ0v) is 13.3. The third-order valence-electron chi connectivity index (χ3n) is 3.87. The van der Waals surface area contributed by atoms with Crippen LogP contribution in [0.3, 0.4) is 0 Å². The molecule has 3 aromatic rings.